The Morgan fingerprint density at radius 1 is 1.00 bits per heavy atom. The second-order valence-electron chi connectivity index (χ2n) is 7.19. The van der Waals surface area contributed by atoms with Crippen LogP contribution in [0.3, 0.4) is 0 Å². The van der Waals surface area contributed by atoms with Gasteiger partial charge in [-0.15, -0.1) is 0 Å². The molecule has 4 aromatic rings. The number of fused-ring (bicyclic) bond motifs is 1. The summed E-state index contributed by atoms with van der Waals surface area (Å²) in [5.74, 6) is 0.650. The first-order valence-corrected chi connectivity index (χ1v) is 11.1. The number of H-pyrrole nitrogens is 1. The monoisotopic (exact) mass is 523 g/mol. The number of hydrogen-bond donors (Lipinski definition) is 1. The summed E-state index contributed by atoms with van der Waals surface area (Å²) >= 11 is 9.73. The number of methoxy groups -OCH3 is 2. The highest BCUT2D eigenvalue weighted by Gasteiger charge is 2.19. The number of ketones is 1. The van der Waals surface area contributed by atoms with Gasteiger partial charge in [-0.3, -0.25) is 9.59 Å². The molecular formula is C26H19BrClNO4. The first-order valence-electron chi connectivity index (χ1n) is 9.98. The number of aromatic amines is 1. The molecule has 0 fully saturated rings. The van der Waals surface area contributed by atoms with Crippen molar-refractivity contribution in [3.63, 3.8) is 0 Å². The zero-order valence-corrected chi connectivity index (χ0v) is 20.2. The lowest BCUT2D eigenvalue weighted by molar-refractivity contribution is 0.104. The van der Waals surface area contributed by atoms with Crippen LogP contribution < -0.4 is 15.0 Å². The van der Waals surface area contributed by atoms with Crippen LogP contribution in [0.4, 0.5) is 0 Å². The molecular weight excluding hydrogens is 506 g/mol. The maximum atomic E-state index is 13.3. The van der Waals surface area contributed by atoms with Crippen molar-refractivity contribution in [1.82, 2.24) is 4.98 Å². The second kappa shape index (κ2) is 9.65. The minimum Gasteiger partial charge on any atom is -0.493 e. The molecule has 5 nitrogen and oxygen atoms in total. The van der Waals surface area contributed by atoms with Gasteiger partial charge in [-0.05, 0) is 53.6 Å². The predicted octanol–water partition coefficient (Wildman–Crippen LogP) is 6.52. The van der Waals surface area contributed by atoms with Crippen LogP contribution in [0.15, 0.2) is 76.0 Å². The van der Waals surface area contributed by atoms with Gasteiger partial charge in [-0.2, -0.15) is 0 Å². The van der Waals surface area contributed by atoms with Crippen LogP contribution in [0.2, 0.25) is 5.02 Å². The molecule has 0 saturated heterocycles. The summed E-state index contributed by atoms with van der Waals surface area (Å²) in [5, 5.41) is 1.20. The van der Waals surface area contributed by atoms with Crippen molar-refractivity contribution < 1.29 is 14.3 Å². The summed E-state index contributed by atoms with van der Waals surface area (Å²) in [6.07, 6.45) is 3.00. The third-order valence-corrected chi connectivity index (χ3v) is 6.12. The molecule has 4 rings (SSSR count). The first-order chi connectivity index (χ1) is 15.9. The number of aromatic nitrogens is 1. The quantitative estimate of drug-likeness (QED) is 0.230. The summed E-state index contributed by atoms with van der Waals surface area (Å²) in [7, 11) is 3.09. The molecule has 0 spiro atoms. The maximum absolute atomic E-state index is 13.3. The van der Waals surface area contributed by atoms with Gasteiger partial charge in [0, 0.05) is 26.0 Å². The molecule has 0 radical (unpaired) electrons. The Morgan fingerprint density at radius 3 is 2.39 bits per heavy atom. The Morgan fingerprint density at radius 2 is 1.70 bits per heavy atom. The second-order valence-corrected chi connectivity index (χ2v) is 8.48. The molecule has 0 saturated carbocycles. The smallest absolute Gasteiger partial charge is 0.260 e. The van der Waals surface area contributed by atoms with Crippen molar-refractivity contribution in [2.45, 2.75) is 0 Å². The molecule has 166 valence electrons. The van der Waals surface area contributed by atoms with E-state index in [0.29, 0.717) is 43.0 Å². The molecule has 7 heteroatoms. The van der Waals surface area contributed by atoms with Crippen molar-refractivity contribution in [2.75, 3.05) is 14.2 Å². The standard InChI is InChI=1S/C26H19BrClNO4/c1-32-22-12-16(19(27)14-23(22)33-2)8-11-21(30)25-24(15-6-4-3-5-7-15)18-13-17(28)9-10-20(18)29-26(25)31/h3-14H,1-2H3,(H,29,31). The molecule has 0 aliphatic rings. The van der Waals surface area contributed by atoms with Gasteiger partial charge in [-0.1, -0.05) is 57.9 Å². The number of carbonyl (C=O) groups excluding carboxylic acids is 1. The van der Waals surface area contributed by atoms with Crippen molar-refractivity contribution in [2.24, 2.45) is 0 Å². The van der Waals surface area contributed by atoms with Crippen LogP contribution in [-0.4, -0.2) is 25.0 Å². The molecule has 0 atom stereocenters. The third-order valence-electron chi connectivity index (χ3n) is 5.20. The van der Waals surface area contributed by atoms with E-state index >= 15 is 0 Å². The van der Waals surface area contributed by atoms with E-state index in [2.05, 4.69) is 20.9 Å². The fourth-order valence-electron chi connectivity index (χ4n) is 3.65. The van der Waals surface area contributed by atoms with Crippen molar-refractivity contribution in [3.8, 4) is 22.6 Å². The number of hydrogen-bond acceptors (Lipinski definition) is 4. The Labute approximate surface area is 203 Å². The summed E-state index contributed by atoms with van der Waals surface area (Å²) in [5.41, 5.74) is 2.17. The van der Waals surface area contributed by atoms with Gasteiger partial charge in [0.05, 0.1) is 19.8 Å². The van der Waals surface area contributed by atoms with Crippen LogP contribution in [0, 0.1) is 0 Å². The Balaban J connectivity index is 1.87. The van der Waals surface area contributed by atoms with Crippen LogP contribution in [0.1, 0.15) is 15.9 Å². The lowest BCUT2D eigenvalue weighted by Gasteiger charge is -2.12. The normalized spacial score (nSPS) is 11.2. The molecule has 33 heavy (non-hydrogen) atoms. The zero-order valence-electron chi connectivity index (χ0n) is 17.8. The number of halogens is 2. The number of nitrogens with one attached hydrogen (secondary N) is 1. The largest absolute Gasteiger partial charge is 0.493 e. The summed E-state index contributed by atoms with van der Waals surface area (Å²) < 4.78 is 11.4. The molecule has 1 N–H and O–H groups in total. The van der Waals surface area contributed by atoms with Crippen LogP contribution >= 0.6 is 27.5 Å². The zero-order chi connectivity index (χ0) is 23.5. The fraction of sp³-hybridized carbons (Fsp3) is 0.0769. The lowest BCUT2D eigenvalue weighted by Crippen LogP contribution is -2.18. The van der Waals surface area contributed by atoms with Gasteiger partial charge in [0.1, 0.15) is 0 Å². The summed E-state index contributed by atoms with van der Waals surface area (Å²) in [6.45, 7) is 0. The number of benzene rings is 3. The van der Waals surface area contributed by atoms with Gasteiger partial charge in [0.2, 0.25) is 0 Å². The highest BCUT2D eigenvalue weighted by atomic mass is 79.9. The number of allylic oxidation sites excluding steroid dienone is 1. The summed E-state index contributed by atoms with van der Waals surface area (Å²) in [6, 6.07) is 18.0. The molecule has 0 aliphatic carbocycles. The van der Waals surface area contributed by atoms with Gasteiger partial charge < -0.3 is 14.5 Å². The van der Waals surface area contributed by atoms with E-state index in [0.717, 1.165) is 5.56 Å². The maximum Gasteiger partial charge on any atom is 0.260 e. The van der Waals surface area contributed by atoms with Gasteiger partial charge in [-0.25, -0.2) is 0 Å². The predicted molar refractivity (Wildman–Crippen MR) is 136 cm³/mol. The molecule has 0 bridgehead atoms. The van der Waals surface area contributed by atoms with Gasteiger partial charge >= 0.3 is 0 Å². The lowest BCUT2D eigenvalue weighted by atomic mass is 9.94. The topological polar surface area (TPSA) is 68.4 Å². The molecule has 1 aromatic heterocycles. The van der Waals surface area contributed by atoms with E-state index in [1.807, 2.05) is 30.3 Å². The molecule has 3 aromatic carbocycles. The molecule has 0 aliphatic heterocycles. The SMILES string of the molecule is COc1cc(Br)c(C=CC(=O)c2c(-c3ccccc3)c3cc(Cl)ccc3[nH]c2=O)cc1OC. The number of rotatable bonds is 6. The minimum absolute atomic E-state index is 0.0452. The summed E-state index contributed by atoms with van der Waals surface area (Å²) in [4.78, 5) is 29.2. The third kappa shape index (κ3) is 4.58. The van der Waals surface area contributed by atoms with E-state index < -0.39 is 11.3 Å². The van der Waals surface area contributed by atoms with E-state index in [-0.39, 0.29) is 5.56 Å². The number of pyridine rings is 1. The highest BCUT2D eigenvalue weighted by molar-refractivity contribution is 9.10. The van der Waals surface area contributed by atoms with Crippen LogP contribution in [0.5, 0.6) is 11.5 Å². The van der Waals surface area contributed by atoms with E-state index in [1.165, 1.54) is 13.2 Å². The highest BCUT2D eigenvalue weighted by Crippen LogP contribution is 2.35. The van der Waals surface area contributed by atoms with Gasteiger partial charge in [0.15, 0.2) is 17.3 Å². The Kier molecular flexibility index (Phi) is 6.67. The van der Waals surface area contributed by atoms with E-state index in [1.54, 1.807) is 43.5 Å². The van der Waals surface area contributed by atoms with Crippen LogP contribution in [-0.2, 0) is 0 Å². The number of carbonyl (C=O) groups is 1. The Hall–Kier alpha value is -3.35. The minimum atomic E-state index is -0.468. The van der Waals surface area contributed by atoms with Gasteiger partial charge in [0.25, 0.3) is 5.56 Å². The molecule has 0 unspecified atom stereocenters. The van der Waals surface area contributed by atoms with Crippen molar-refractivity contribution in [3.05, 3.63) is 97.7 Å². The molecule has 1 heterocycles. The number of ether oxygens (including phenoxy) is 2. The van der Waals surface area contributed by atoms with Crippen molar-refractivity contribution in [1.29, 1.82) is 0 Å². The van der Waals surface area contributed by atoms with Crippen LogP contribution in [0.25, 0.3) is 28.1 Å². The van der Waals surface area contributed by atoms with E-state index in [4.69, 9.17) is 21.1 Å². The average molecular weight is 525 g/mol. The van der Waals surface area contributed by atoms with Crippen molar-refractivity contribution >= 4 is 50.3 Å². The Bertz CT molecular complexity index is 1440. The molecule has 0 amide bonds. The van der Waals surface area contributed by atoms with E-state index in [9.17, 15) is 9.59 Å². The first kappa shape index (κ1) is 22.8. The fourth-order valence-corrected chi connectivity index (χ4v) is 4.28. The average Bonchev–Trinajstić information content (AvgIpc) is 2.82.